The van der Waals surface area contributed by atoms with Crippen LogP contribution in [-0.2, 0) is 14.8 Å². The molecule has 0 bridgehead atoms. The molecule has 1 aromatic rings. The molecule has 1 heterocycles. The van der Waals surface area contributed by atoms with Gasteiger partial charge in [0.15, 0.2) is 5.76 Å². The van der Waals surface area contributed by atoms with Crippen LogP contribution in [0.5, 0.6) is 0 Å². The van der Waals surface area contributed by atoms with Crippen LogP contribution >= 0.6 is 12.4 Å². The van der Waals surface area contributed by atoms with Gasteiger partial charge in [-0.1, -0.05) is 12.1 Å². The fraction of sp³-hybridized carbons (Fsp3) is 0.692. The standard InChI is InChI=1S/C13H24N4O4S.ClH/c1-6-14-8(2)7-15-13(18)10(4)17-22(19,20)12-9(3)16-21-11(12)5;/h8,10,14,17H,6-7H2,1-5H3,(H,15,18);1H/t8-,10?;/m1./s1. The summed E-state index contributed by atoms with van der Waals surface area (Å²) in [4.78, 5) is 11.9. The number of nitrogens with one attached hydrogen (secondary N) is 3. The van der Waals surface area contributed by atoms with Crippen molar-refractivity contribution in [3.63, 3.8) is 0 Å². The van der Waals surface area contributed by atoms with Crippen LogP contribution in [0, 0.1) is 13.8 Å². The molecule has 2 atom stereocenters. The lowest BCUT2D eigenvalue weighted by Crippen LogP contribution is -2.48. The number of aromatic nitrogens is 1. The van der Waals surface area contributed by atoms with E-state index in [-0.39, 0.29) is 40.7 Å². The average molecular weight is 369 g/mol. The third kappa shape index (κ3) is 6.09. The Labute approximate surface area is 143 Å². The highest BCUT2D eigenvalue weighted by Crippen LogP contribution is 2.18. The Morgan fingerprint density at radius 2 is 1.91 bits per heavy atom. The summed E-state index contributed by atoms with van der Waals surface area (Å²) in [6, 6.07) is -0.784. The summed E-state index contributed by atoms with van der Waals surface area (Å²) in [6.07, 6.45) is 0. The van der Waals surface area contributed by atoms with Gasteiger partial charge in [-0.15, -0.1) is 12.4 Å². The number of hydrogen-bond acceptors (Lipinski definition) is 6. The van der Waals surface area contributed by atoms with Gasteiger partial charge >= 0.3 is 0 Å². The molecule has 1 aromatic heterocycles. The molecule has 0 aromatic carbocycles. The van der Waals surface area contributed by atoms with Gasteiger partial charge in [0, 0.05) is 12.6 Å². The summed E-state index contributed by atoms with van der Waals surface area (Å²) in [5.74, 6) is -0.196. The number of carbonyl (C=O) groups is 1. The molecule has 0 fully saturated rings. The molecule has 3 N–H and O–H groups in total. The predicted molar refractivity (Wildman–Crippen MR) is 89.2 cm³/mol. The summed E-state index contributed by atoms with van der Waals surface area (Å²) in [5.41, 5.74) is 0.262. The van der Waals surface area contributed by atoms with Crippen LogP contribution in [0.25, 0.3) is 0 Å². The molecule has 8 nitrogen and oxygen atoms in total. The number of rotatable bonds is 8. The van der Waals surface area contributed by atoms with Crippen LogP contribution in [0.2, 0.25) is 0 Å². The monoisotopic (exact) mass is 368 g/mol. The molecule has 0 spiro atoms. The lowest BCUT2D eigenvalue weighted by molar-refractivity contribution is -0.122. The van der Waals surface area contributed by atoms with Crippen molar-refractivity contribution in [2.45, 2.75) is 51.6 Å². The van der Waals surface area contributed by atoms with Gasteiger partial charge in [0.1, 0.15) is 10.6 Å². The van der Waals surface area contributed by atoms with Crippen molar-refractivity contribution < 1.29 is 17.7 Å². The first-order valence-corrected chi connectivity index (χ1v) is 8.63. The van der Waals surface area contributed by atoms with Crippen molar-refractivity contribution in [1.29, 1.82) is 0 Å². The highest BCUT2D eigenvalue weighted by atomic mass is 35.5. The second kappa shape index (κ2) is 9.21. The first-order valence-electron chi connectivity index (χ1n) is 7.15. The molecule has 0 saturated heterocycles. The maximum atomic E-state index is 12.3. The number of halogens is 1. The van der Waals surface area contributed by atoms with Gasteiger partial charge in [0.2, 0.25) is 15.9 Å². The summed E-state index contributed by atoms with van der Waals surface area (Å²) >= 11 is 0. The zero-order chi connectivity index (χ0) is 16.9. The Morgan fingerprint density at radius 3 is 2.39 bits per heavy atom. The number of nitrogens with zero attached hydrogens (tertiary/aromatic N) is 1. The second-order valence-corrected chi connectivity index (χ2v) is 6.85. The zero-order valence-electron chi connectivity index (χ0n) is 14.0. The minimum Gasteiger partial charge on any atom is -0.360 e. The van der Waals surface area contributed by atoms with E-state index in [0.29, 0.717) is 6.54 Å². The zero-order valence-corrected chi connectivity index (χ0v) is 15.6. The molecule has 0 radical (unpaired) electrons. The third-order valence-electron chi connectivity index (χ3n) is 3.10. The molecular weight excluding hydrogens is 344 g/mol. The lowest BCUT2D eigenvalue weighted by Gasteiger charge is -2.17. The van der Waals surface area contributed by atoms with Gasteiger partial charge in [-0.2, -0.15) is 4.72 Å². The van der Waals surface area contributed by atoms with Gasteiger partial charge in [-0.05, 0) is 34.2 Å². The van der Waals surface area contributed by atoms with Crippen LogP contribution in [0.15, 0.2) is 9.42 Å². The van der Waals surface area contributed by atoms with Crippen LogP contribution in [0.4, 0.5) is 0 Å². The first kappa shape index (κ1) is 21.8. The summed E-state index contributed by atoms with van der Waals surface area (Å²) < 4.78 is 31.8. The summed E-state index contributed by atoms with van der Waals surface area (Å²) in [5, 5.41) is 9.46. The van der Waals surface area contributed by atoms with Crippen LogP contribution in [-0.4, -0.2) is 44.7 Å². The minimum absolute atomic E-state index is 0. The number of aryl methyl sites for hydroxylation is 2. The molecule has 0 aliphatic carbocycles. The molecule has 1 rings (SSSR count). The smallest absolute Gasteiger partial charge is 0.246 e. The molecule has 1 amide bonds. The number of carbonyl (C=O) groups excluding carboxylic acids is 1. The third-order valence-corrected chi connectivity index (χ3v) is 4.88. The lowest BCUT2D eigenvalue weighted by atomic mass is 10.3. The van der Waals surface area contributed by atoms with Gasteiger partial charge < -0.3 is 15.2 Å². The van der Waals surface area contributed by atoms with Gasteiger partial charge in [0.05, 0.1) is 6.04 Å². The maximum absolute atomic E-state index is 12.3. The molecule has 23 heavy (non-hydrogen) atoms. The minimum atomic E-state index is -3.85. The van der Waals surface area contributed by atoms with E-state index in [1.54, 1.807) is 0 Å². The van der Waals surface area contributed by atoms with Gasteiger partial charge in [-0.25, -0.2) is 8.42 Å². The Kier molecular flexibility index (Phi) is 8.75. The van der Waals surface area contributed by atoms with E-state index in [1.165, 1.54) is 20.8 Å². The SMILES string of the molecule is CCN[C@H](C)CNC(=O)C(C)NS(=O)(=O)c1c(C)noc1C.Cl. The molecule has 0 saturated carbocycles. The van der Waals surface area contributed by atoms with E-state index in [2.05, 4.69) is 20.5 Å². The fourth-order valence-electron chi connectivity index (χ4n) is 2.03. The molecule has 0 aliphatic rings. The number of amides is 1. The van der Waals surface area contributed by atoms with E-state index < -0.39 is 16.1 Å². The fourth-order valence-corrected chi connectivity index (χ4v) is 3.56. The summed E-state index contributed by atoms with van der Waals surface area (Å²) in [6.45, 7) is 9.66. The van der Waals surface area contributed by atoms with Crippen molar-refractivity contribution >= 4 is 28.3 Å². The Bertz CT molecular complexity index is 598. The predicted octanol–water partition coefficient (Wildman–Crippen LogP) is 0.494. The van der Waals surface area contributed by atoms with E-state index >= 15 is 0 Å². The molecule has 134 valence electrons. The van der Waals surface area contributed by atoms with Gasteiger partial charge in [0.25, 0.3) is 0 Å². The van der Waals surface area contributed by atoms with Crippen LogP contribution < -0.4 is 15.4 Å². The second-order valence-electron chi connectivity index (χ2n) is 5.20. The first-order chi connectivity index (χ1) is 10.2. The molecular formula is C13H25ClN4O4S. The van der Waals surface area contributed by atoms with E-state index in [0.717, 1.165) is 6.54 Å². The quantitative estimate of drug-likeness (QED) is 0.615. The largest absolute Gasteiger partial charge is 0.360 e. The molecule has 0 aliphatic heterocycles. The Balaban J connectivity index is 0.00000484. The maximum Gasteiger partial charge on any atom is 0.246 e. The Morgan fingerprint density at radius 1 is 1.30 bits per heavy atom. The van der Waals surface area contributed by atoms with Crippen molar-refractivity contribution in [2.75, 3.05) is 13.1 Å². The average Bonchev–Trinajstić information content (AvgIpc) is 2.75. The topological polar surface area (TPSA) is 113 Å². The number of likely N-dealkylation sites (N-methyl/N-ethyl adjacent to an activating group) is 1. The van der Waals surface area contributed by atoms with Crippen molar-refractivity contribution in [1.82, 2.24) is 20.5 Å². The molecule has 1 unspecified atom stereocenters. The highest BCUT2D eigenvalue weighted by molar-refractivity contribution is 7.89. The molecule has 10 heteroatoms. The Hall–Kier alpha value is -1.16. The highest BCUT2D eigenvalue weighted by Gasteiger charge is 2.28. The van der Waals surface area contributed by atoms with E-state index in [9.17, 15) is 13.2 Å². The van der Waals surface area contributed by atoms with Crippen molar-refractivity contribution in [3.8, 4) is 0 Å². The van der Waals surface area contributed by atoms with Crippen molar-refractivity contribution in [2.24, 2.45) is 0 Å². The summed E-state index contributed by atoms with van der Waals surface area (Å²) in [7, 11) is -3.85. The van der Waals surface area contributed by atoms with E-state index in [4.69, 9.17) is 4.52 Å². The van der Waals surface area contributed by atoms with Gasteiger partial charge in [-0.3, -0.25) is 4.79 Å². The number of sulfonamides is 1. The van der Waals surface area contributed by atoms with Crippen LogP contribution in [0.1, 0.15) is 32.2 Å². The van der Waals surface area contributed by atoms with Crippen molar-refractivity contribution in [3.05, 3.63) is 11.5 Å². The van der Waals surface area contributed by atoms with Crippen LogP contribution in [0.3, 0.4) is 0 Å². The normalized spacial score (nSPS) is 14.0. The number of hydrogen-bond donors (Lipinski definition) is 3. The van der Waals surface area contributed by atoms with E-state index in [1.807, 2.05) is 13.8 Å².